The summed E-state index contributed by atoms with van der Waals surface area (Å²) in [5.41, 5.74) is 0. The lowest BCUT2D eigenvalue weighted by molar-refractivity contribution is 0.255. The first-order valence-electron chi connectivity index (χ1n) is 3.45. The number of allylic oxidation sites excluding steroid dienone is 2. The molecule has 0 atom stereocenters. The number of hydrogen-bond acceptors (Lipinski definition) is 4. The molecule has 0 saturated carbocycles. The zero-order chi connectivity index (χ0) is 9.52. The van der Waals surface area contributed by atoms with Crippen molar-refractivity contribution in [3.8, 4) is 0 Å². The van der Waals surface area contributed by atoms with Crippen molar-refractivity contribution in [2.75, 3.05) is 5.32 Å². The van der Waals surface area contributed by atoms with Gasteiger partial charge < -0.3 is 5.32 Å². The molecule has 0 bridgehead atoms. The average Bonchev–Trinajstić information content (AvgIpc) is 2.57. The van der Waals surface area contributed by atoms with E-state index < -0.39 is 0 Å². The Hall–Kier alpha value is -1.69. The molecule has 0 fully saturated rings. The SMILES string of the molecule is C=CC=CNC(=O)Nc1cnns1. The molecule has 0 spiro atoms. The second-order valence-corrected chi connectivity index (χ2v) is 2.76. The van der Waals surface area contributed by atoms with Crippen LogP contribution in [0.25, 0.3) is 0 Å². The van der Waals surface area contributed by atoms with E-state index in [0.717, 1.165) is 11.5 Å². The number of anilines is 1. The van der Waals surface area contributed by atoms with Crippen LogP contribution in [0, 0.1) is 0 Å². The van der Waals surface area contributed by atoms with Gasteiger partial charge in [0.25, 0.3) is 0 Å². The molecule has 1 heterocycles. The summed E-state index contributed by atoms with van der Waals surface area (Å²) in [5, 5.41) is 9.17. The summed E-state index contributed by atoms with van der Waals surface area (Å²) in [6.07, 6.45) is 6.14. The fraction of sp³-hybridized carbons (Fsp3) is 0. The normalized spacial score (nSPS) is 9.85. The molecule has 5 nitrogen and oxygen atoms in total. The number of aromatic nitrogens is 2. The second kappa shape index (κ2) is 5.04. The fourth-order valence-corrected chi connectivity index (χ4v) is 0.977. The van der Waals surface area contributed by atoms with E-state index in [-0.39, 0.29) is 6.03 Å². The Morgan fingerprint density at radius 1 is 1.69 bits per heavy atom. The first-order valence-corrected chi connectivity index (χ1v) is 4.22. The van der Waals surface area contributed by atoms with Crippen molar-refractivity contribution in [3.05, 3.63) is 31.1 Å². The molecule has 13 heavy (non-hydrogen) atoms. The van der Waals surface area contributed by atoms with Gasteiger partial charge in [-0.1, -0.05) is 17.1 Å². The van der Waals surface area contributed by atoms with E-state index in [1.807, 2.05) is 0 Å². The standard InChI is InChI=1S/C7H8N4OS/c1-2-3-4-8-7(12)10-6-5-9-11-13-6/h2-5H,1H2,(H2,8,10,12). The molecule has 0 aliphatic heterocycles. The Bertz CT molecular complexity index is 306. The van der Waals surface area contributed by atoms with Crippen LogP contribution in [0.2, 0.25) is 0 Å². The van der Waals surface area contributed by atoms with Crippen LogP contribution in [0.3, 0.4) is 0 Å². The zero-order valence-electron chi connectivity index (χ0n) is 6.73. The Morgan fingerprint density at radius 3 is 3.15 bits per heavy atom. The highest BCUT2D eigenvalue weighted by Crippen LogP contribution is 2.07. The van der Waals surface area contributed by atoms with Gasteiger partial charge in [0, 0.05) is 17.7 Å². The average molecular weight is 196 g/mol. The van der Waals surface area contributed by atoms with Crippen LogP contribution in [0.15, 0.2) is 31.1 Å². The van der Waals surface area contributed by atoms with Gasteiger partial charge in [0.15, 0.2) is 0 Å². The van der Waals surface area contributed by atoms with Crippen LogP contribution in [0.5, 0.6) is 0 Å². The maximum Gasteiger partial charge on any atom is 0.323 e. The molecule has 2 N–H and O–H groups in total. The van der Waals surface area contributed by atoms with Crippen LogP contribution in [-0.2, 0) is 0 Å². The third-order valence-electron chi connectivity index (χ3n) is 1.04. The molecule has 0 saturated heterocycles. The molecule has 6 heteroatoms. The molecule has 1 rings (SSSR count). The molecule has 0 unspecified atom stereocenters. The summed E-state index contributed by atoms with van der Waals surface area (Å²) in [7, 11) is 0. The number of rotatable bonds is 3. The van der Waals surface area contributed by atoms with Gasteiger partial charge in [-0.2, -0.15) is 0 Å². The van der Waals surface area contributed by atoms with Crippen molar-refractivity contribution in [1.82, 2.24) is 14.9 Å². The van der Waals surface area contributed by atoms with Crippen molar-refractivity contribution < 1.29 is 4.79 Å². The summed E-state index contributed by atoms with van der Waals surface area (Å²) in [6.45, 7) is 3.46. The van der Waals surface area contributed by atoms with Crippen LogP contribution in [0.4, 0.5) is 9.80 Å². The van der Waals surface area contributed by atoms with Gasteiger partial charge in [0.05, 0.1) is 6.20 Å². The molecule has 0 aliphatic rings. The third-order valence-corrected chi connectivity index (χ3v) is 1.62. The first kappa shape index (κ1) is 9.40. The Morgan fingerprint density at radius 2 is 2.54 bits per heavy atom. The summed E-state index contributed by atoms with van der Waals surface area (Å²) in [5.74, 6) is 0. The van der Waals surface area contributed by atoms with E-state index in [2.05, 4.69) is 26.8 Å². The molecule has 0 aromatic carbocycles. The highest BCUT2D eigenvalue weighted by Gasteiger charge is 1.99. The summed E-state index contributed by atoms with van der Waals surface area (Å²) >= 11 is 1.11. The Kier molecular flexibility index (Phi) is 3.65. The Balaban J connectivity index is 2.34. The van der Waals surface area contributed by atoms with Gasteiger partial charge in [-0.05, 0) is 6.08 Å². The molecular weight excluding hydrogens is 188 g/mol. The highest BCUT2D eigenvalue weighted by atomic mass is 32.1. The molecule has 1 aromatic heterocycles. The first-order chi connectivity index (χ1) is 6.33. The minimum absolute atomic E-state index is 0.329. The number of carbonyl (C=O) groups excluding carboxylic acids is 1. The fourth-order valence-electron chi connectivity index (χ4n) is 0.562. The lowest BCUT2D eigenvalue weighted by atomic mass is 10.6. The second-order valence-electron chi connectivity index (χ2n) is 1.98. The molecular formula is C7H8N4OS. The molecule has 1 aromatic rings. The Labute approximate surface area is 79.3 Å². The number of nitrogens with zero attached hydrogens (tertiary/aromatic N) is 2. The zero-order valence-corrected chi connectivity index (χ0v) is 7.54. The largest absolute Gasteiger partial charge is 0.323 e. The molecule has 0 aliphatic carbocycles. The molecule has 2 amide bonds. The van der Waals surface area contributed by atoms with E-state index in [9.17, 15) is 4.79 Å². The van der Waals surface area contributed by atoms with E-state index in [1.165, 1.54) is 12.4 Å². The van der Waals surface area contributed by atoms with Gasteiger partial charge >= 0.3 is 6.03 Å². The maximum atomic E-state index is 11.0. The third kappa shape index (κ3) is 3.48. The number of nitrogens with one attached hydrogen (secondary N) is 2. The van der Waals surface area contributed by atoms with Crippen LogP contribution >= 0.6 is 11.5 Å². The van der Waals surface area contributed by atoms with Crippen molar-refractivity contribution in [2.24, 2.45) is 0 Å². The lowest BCUT2D eigenvalue weighted by Crippen LogP contribution is -2.23. The van der Waals surface area contributed by atoms with Crippen molar-refractivity contribution in [2.45, 2.75) is 0 Å². The molecule has 68 valence electrons. The predicted molar refractivity (Wildman–Crippen MR) is 51.4 cm³/mol. The van der Waals surface area contributed by atoms with E-state index >= 15 is 0 Å². The van der Waals surface area contributed by atoms with Crippen molar-refractivity contribution >= 4 is 22.6 Å². The van der Waals surface area contributed by atoms with Crippen LogP contribution in [-0.4, -0.2) is 15.6 Å². The summed E-state index contributed by atoms with van der Waals surface area (Å²) < 4.78 is 3.59. The summed E-state index contributed by atoms with van der Waals surface area (Å²) in [6, 6.07) is -0.329. The highest BCUT2D eigenvalue weighted by molar-refractivity contribution is 7.10. The quantitative estimate of drug-likeness (QED) is 0.717. The van der Waals surface area contributed by atoms with Crippen LogP contribution in [0.1, 0.15) is 0 Å². The number of amides is 2. The summed E-state index contributed by atoms with van der Waals surface area (Å²) in [4.78, 5) is 11.0. The van der Waals surface area contributed by atoms with Crippen LogP contribution < -0.4 is 10.6 Å². The maximum absolute atomic E-state index is 11.0. The van der Waals surface area contributed by atoms with Gasteiger partial charge in [-0.3, -0.25) is 5.32 Å². The minimum Gasteiger partial charge on any atom is -0.314 e. The van der Waals surface area contributed by atoms with Crippen molar-refractivity contribution in [1.29, 1.82) is 0 Å². The topological polar surface area (TPSA) is 66.9 Å². The minimum atomic E-state index is -0.329. The number of hydrogen-bond donors (Lipinski definition) is 2. The predicted octanol–water partition coefficient (Wildman–Crippen LogP) is 1.36. The lowest BCUT2D eigenvalue weighted by Gasteiger charge is -1.98. The monoisotopic (exact) mass is 196 g/mol. The smallest absolute Gasteiger partial charge is 0.314 e. The number of urea groups is 1. The van der Waals surface area contributed by atoms with E-state index in [1.54, 1.807) is 12.2 Å². The van der Waals surface area contributed by atoms with Gasteiger partial charge in [0.2, 0.25) is 0 Å². The van der Waals surface area contributed by atoms with Gasteiger partial charge in [-0.15, -0.1) is 5.10 Å². The van der Waals surface area contributed by atoms with Gasteiger partial charge in [0.1, 0.15) is 5.00 Å². The van der Waals surface area contributed by atoms with E-state index in [0.29, 0.717) is 5.00 Å². The molecule has 0 radical (unpaired) electrons. The number of carbonyl (C=O) groups is 1. The van der Waals surface area contributed by atoms with Gasteiger partial charge in [-0.25, -0.2) is 4.79 Å². The van der Waals surface area contributed by atoms with Crippen molar-refractivity contribution in [3.63, 3.8) is 0 Å². The van der Waals surface area contributed by atoms with E-state index in [4.69, 9.17) is 0 Å².